The first-order chi connectivity index (χ1) is 8.22. The Kier molecular flexibility index (Phi) is 3.88. The second-order valence-electron chi connectivity index (χ2n) is 5.33. The topological polar surface area (TPSA) is 15.8 Å². The molecular weight excluding hydrogens is 206 g/mol. The Bertz CT molecular complexity index is 479. The molecule has 0 amide bonds. The molecule has 1 nitrogen and oxygen atoms in total. The van der Waals surface area contributed by atoms with Gasteiger partial charge in [0.1, 0.15) is 0 Å². The van der Waals surface area contributed by atoms with Gasteiger partial charge in [0.25, 0.3) is 0 Å². The zero-order chi connectivity index (χ0) is 12.3. The number of hydrogen-bond acceptors (Lipinski definition) is 0. The maximum absolute atomic E-state index is 3.60. The molecule has 1 aromatic carbocycles. The molecule has 0 radical (unpaired) electrons. The summed E-state index contributed by atoms with van der Waals surface area (Å²) >= 11 is 0. The van der Waals surface area contributed by atoms with Crippen LogP contribution in [0.1, 0.15) is 44.9 Å². The molecule has 2 aromatic rings. The molecule has 92 valence electrons. The predicted molar refractivity (Wildman–Crippen MR) is 75.5 cm³/mol. The Morgan fingerprint density at radius 2 is 1.94 bits per heavy atom. The lowest BCUT2D eigenvalue weighted by atomic mass is 9.98. The third kappa shape index (κ3) is 2.71. The van der Waals surface area contributed by atoms with Gasteiger partial charge < -0.3 is 4.98 Å². The number of unbranched alkanes of at least 4 members (excludes halogenated alkanes) is 1. The van der Waals surface area contributed by atoms with Crippen LogP contribution in [0.2, 0.25) is 0 Å². The van der Waals surface area contributed by atoms with Crippen molar-refractivity contribution in [3.63, 3.8) is 0 Å². The molecule has 0 spiro atoms. The smallest absolute Gasteiger partial charge is 0.0458 e. The van der Waals surface area contributed by atoms with Gasteiger partial charge in [-0.15, -0.1) is 0 Å². The summed E-state index contributed by atoms with van der Waals surface area (Å²) in [6.45, 7) is 6.85. The molecule has 0 fully saturated rings. The minimum atomic E-state index is 0.717. The normalized spacial score (nSPS) is 11.5. The quantitative estimate of drug-likeness (QED) is 0.764. The number of benzene rings is 1. The van der Waals surface area contributed by atoms with E-state index in [1.165, 1.54) is 42.3 Å². The van der Waals surface area contributed by atoms with Gasteiger partial charge in [-0.25, -0.2) is 0 Å². The van der Waals surface area contributed by atoms with E-state index in [1.807, 2.05) is 0 Å². The van der Waals surface area contributed by atoms with Crippen LogP contribution in [0.3, 0.4) is 0 Å². The van der Waals surface area contributed by atoms with Crippen LogP contribution in [0.5, 0.6) is 0 Å². The molecule has 1 aromatic heterocycles. The Morgan fingerprint density at radius 3 is 2.65 bits per heavy atom. The second-order valence-corrected chi connectivity index (χ2v) is 5.33. The zero-order valence-electron chi connectivity index (χ0n) is 11.2. The van der Waals surface area contributed by atoms with Crippen molar-refractivity contribution in [1.29, 1.82) is 0 Å². The number of rotatable bonds is 5. The molecular formula is C16H23N. The van der Waals surface area contributed by atoms with E-state index < -0.39 is 0 Å². The van der Waals surface area contributed by atoms with Crippen LogP contribution in [0.4, 0.5) is 0 Å². The molecule has 17 heavy (non-hydrogen) atoms. The van der Waals surface area contributed by atoms with Crippen LogP contribution in [0, 0.1) is 5.92 Å². The maximum atomic E-state index is 3.60. The Labute approximate surface area is 104 Å². The minimum Gasteiger partial charge on any atom is -0.358 e. The van der Waals surface area contributed by atoms with Crippen LogP contribution in [0.15, 0.2) is 24.3 Å². The highest BCUT2D eigenvalue weighted by Gasteiger charge is 2.11. The monoisotopic (exact) mass is 229 g/mol. The largest absolute Gasteiger partial charge is 0.358 e. The number of H-pyrrole nitrogens is 1. The number of aromatic amines is 1. The first-order valence-electron chi connectivity index (χ1n) is 6.80. The van der Waals surface area contributed by atoms with Crippen molar-refractivity contribution in [3.05, 3.63) is 35.5 Å². The van der Waals surface area contributed by atoms with Crippen molar-refractivity contribution in [2.75, 3.05) is 0 Å². The third-order valence-electron chi connectivity index (χ3n) is 3.29. The number of nitrogens with one attached hydrogen (secondary N) is 1. The first kappa shape index (κ1) is 12.2. The molecule has 1 N–H and O–H groups in total. The van der Waals surface area contributed by atoms with E-state index in [-0.39, 0.29) is 0 Å². The summed E-state index contributed by atoms with van der Waals surface area (Å²) in [6, 6.07) is 8.69. The SMILES string of the molecule is CCCCc1[nH]c2ccccc2c1CC(C)C. The summed E-state index contributed by atoms with van der Waals surface area (Å²) < 4.78 is 0. The van der Waals surface area contributed by atoms with Gasteiger partial charge in [-0.1, -0.05) is 45.4 Å². The number of fused-ring (bicyclic) bond motifs is 1. The number of aryl methyl sites for hydroxylation is 1. The minimum absolute atomic E-state index is 0.717. The number of hydrogen-bond donors (Lipinski definition) is 1. The summed E-state index contributed by atoms with van der Waals surface area (Å²) in [4.78, 5) is 3.60. The first-order valence-corrected chi connectivity index (χ1v) is 6.80. The molecule has 0 saturated carbocycles. The fraction of sp³-hybridized carbons (Fsp3) is 0.500. The van der Waals surface area contributed by atoms with Gasteiger partial charge >= 0.3 is 0 Å². The van der Waals surface area contributed by atoms with Gasteiger partial charge in [-0.3, -0.25) is 0 Å². The lowest BCUT2D eigenvalue weighted by Crippen LogP contribution is -1.98. The number of aromatic nitrogens is 1. The summed E-state index contributed by atoms with van der Waals surface area (Å²) in [6.07, 6.45) is 4.91. The fourth-order valence-corrected chi connectivity index (χ4v) is 2.46. The van der Waals surface area contributed by atoms with Crippen LogP contribution in [-0.2, 0) is 12.8 Å². The second kappa shape index (κ2) is 5.39. The lowest BCUT2D eigenvalue weighted by Gasteiger charge is -2.07. The fourth-order valence-electron chi connectivity index (χ4n) is 2.46. The molecule has 0 bridgehead atoms. The summed E-state index contributed by atoms with van der Waals surface area (Å²) in [5.74, 6) is 0.717. The predicted octanol–water partition coefficient (Wildman–Crippen LogP) is 4.71. The molecule has 0 aliphatic rings. The summed E-state index contributed by atoms with van der Waals surface area (Å²) in [5, 5.41) is 1.42. The van der Waals surface area contributed by atoms with Gasteiger partial charge in [0.2, 0.25) is 0 Å². The van der Waals surface area contributed by atoms with Gasteiger partial charge in [0.15, 0.2) is 0 Å². The van der Waals surface area contributed by atoms with Crippen LogP contribution in [0.25, 0.3) is 10.9 Å². The van der Waals surface area contributed by atoms with Crippen LogP contribution < -0.4 is 0 Å². The van der Waals surface area contributed by atoms with E-state index in [0.717, 1.165) is 5.92 Å². The van der Waals surface area contributed by atoms with Crippen molar-refractivity contribution in [1.82, 2.24) is 4.98 Å². The Hall–Kier alpha value is -1.24. The zero-order valence-corrected chi connectivity index (χ0v) is 11.2. The average Bonchev–Trinajstić information content (AvgIpc) is 2.64. The molecule has 1 heteroatoms. The van der Waals surface area contributed by atoms with Gasteiger partial charge in [-0.2, -0.15) is 0 Å². The molecule has 0 saturated heterocycles. The molecule has 2 rings (SSSR count). The van der Waals surface area contributed by atoms with Crippen LogP contribution >= 0.6 is 0 Å². The average molecular weight is 229 g/mol. The highest BCUT2D eigenvalue weighted by molar-refractivity contribution is 5.84. The van der Waals surface area contributed by atoms with Crippen molar-refractivity contribution < 1.29 is 0 Å². The Morgan fingerprint density at radius 1 is 1.18 bits per heavy atom. The van der Waals surface area contributed by atoms with E-state index in [2.05, 4.69) is 50.0 Å². The van der Waals surface area contributed by atoms with E-state index in [0.29, 0.717) is 0 Å². The van der Waals surface area contributed by atoms with Gasteiger partial charge in [0, 0.05) is 16.6 Å². The van der Waals surface area contributed by atoms with Gasteiger partial charge in [-0.05, 0) is 36.8 Å². The molecule has 1 heterocycles. The van der Waals surface area contributed by atoms with Crippen molar-refractivity contribution in [3.8, 4) is 0 Å². The van der Waals surface area contributed by atoms with Gasteiger partial charge in [0.05, 0.1) is 0 Å². The van der Waals surface area contributed by atoms with E-state index in [4.69, 9.17) is 0 Å². The molecule has 0 unspecified atom stereocenters. The summed E-state index contributed by atoms with van der Waals surface area (Å²) in [7, 11) is 0. The third-order valence-corrected chi connectivity index (χ3v) is 3.29. The molecule has 0 aliphatic carbocycles. The molecule has 0 atom stereocenters. The van der Waals surface area contributed by atoms with E-state index in [9.17, 15) is 0 Å². The van der Waals surface area contributed by atoms with Crippen molar-refractivity contribution in [2.24, 2.45) is 5.92 Å². The van der Waals surface area contributed by atoms with Crippen LogP contribution in [-0.4, -0.2) is 4.98 Å². The molecule has 0 aliphatic heterocycles. The summed E-state index contributed by atoms with van der Waals surface area (Å²) in [5.41, 5.74) is 4.31. The highest BCUT2D eigenvalue weighted by Crippen LogP contribution is 2.26. The van der Waals surface area contributed by atoms with E-state index in [1.54, 1.807) is 5.56 Å². The lowest BCUT2D eigenvalue weighted by molar-refractivity contribution is 0.641. The van der Waals surface area contributed by atoms with Crippen molar-refractivity contribution >= 4 is 10.9 Å². The Balaban J connectivity index is 2.41. The standard InChI is InChI=1S/C16H23N/c1-4-5-9-16-14(11-12(2)3)13-8-6-7-10-15(13)17-16/h6-8,10,12,17H,4-5,9,11H2,1-3H3. The van der Waals surface area contributed by atoms with E-state index >= 15 is 0 Å². The van der Waals surface area contributed by atoms with Crippen molar-refractivity contribution in [2.45, 2.75) is 46.5 Å². The number of para-hydroxylation sites is 1. The maximum Gasteiger partial charge on any atom is 0.0458 e. The highest BCUT2D eigenvalue weighted by atomic mass is 14.7.